The van der Waals surface area contributed by atoms with Gasteiger partial charge in [-0.15, -0.1) is 0 Å². The lowest BCUT2D eigenvalue weighted by Crippen LogP contribution is -2.33. The van der Waals surface area contributed by atoms with E-state index in [2.05, 4.69) is 0 Å². The molecule has 1 aliphatic rings. The molecule has 0 atom stereocenters. The molecular formula is C12H17NO2. The fourth-order valence-electron chi connectivity index (χ4n) is 2.36. The second kappa shape index (κ2) is 3.74. The van der Waals surface area contributed by atoms with Gasteiger partial charge in [0.1, 0.15) is 11.5 Å². The van der Waals surface area contributed by atoms with Crippen molar-refractivity contribution in [2.45, 2.75) is 31.2 Å². The predicted octanol–water partition coefficient (Wildman–Crippen LogP) is 2.13. The van der Waals surface area contributed by atoms with Crippen molar-refractivity contribution in [3.8, 4) is 11.5 Å². The predicted molar refractivity (Wildman–Crippen MR) is 59.0 cm³/mol. The van der Waals surface area contributed by atoms with Gasteiger partial charge in [0.2, 0.25) is 0 Å². The van der Waals surface area contributed by atoms with Crippen LogP contribution in [0.15, 0.2) is 18.2 Å². The minimum Gasteiger partial charge on any atom is -0.508 e. The summed E-state index contributed by atoms with van der Waals surface area (Å²) in [5.74, 6) is 1.03. The van der Waals surface area contributed by atoms with E-state index in [0.717, 1.165) is 37.0 Å². The second-order valence-corrected chi connectivity index (χ2v) is 4.25. The maximum absolute atomic E-state index is 9.50. The molecule has 1 aliphatic carbocycles. The molecule has 0 aliphatic heterocycles. The van der Waals surface area contributed by atoms with E-state index in [0.29, 0.717) is 0 Å². The highest BCUT2D eigenvalue weighted by Gasteiger charge is 2.33. The Labute approximate surface area is 89.9 Å². The quantitative estimate of drug-likeness (QED) is 0.781. The van der Waals surface area contributed by atoms with Gasteiger partial charge >= 0.3 is 0 Å². The number of benzene rings is 1. The molecule has 0 saturated heterocycles. The van der Waals surface area contributed by atoms with Crippen LogP contribution in [0.25, 0.3) is 0 Å². The van der Waals surface area contributed by atoms with Crippen molar-refractivity contribution >= 4 is 0 Å². The maximum Gasteiger partial charge on any atom is 0.124 e. The van der Waals surface area contributed by atoms with Crippen molar-refractivity contribution in [2.24, 2.45) is 5.73 Å². The summed E-state index contributed by atoms with van der Waals surface area (Å²) in [6.07, 6.45) is 4.23. The number of phenolic OH excluding ortho intramolecular Hbond substituents is 1. The number of hydrogen-bond donors (Lipinski definition) is 2. The Morgan fingerprint density at radius 3 is 2.60 bits per heavy atom. The van der Waals surface area contributed by atoms with Crippen LogP contribution in [-0.2, 0) is 5.54 Å². The molecule has 0 unspecified atom stereocenters. The molecule has 0 spiro atoms. The molecule has 3 heteroatoms. The molecule has 1 aromatic rings. The van der Waals surface area contributed by atoms with Crippen LogP contribution in [0.2, 0.25) is 0 Å². The first-order valence-electron chi connectivity index (χ1n) is 5.32. The van der Waals surface area contributed by atoms with Crippen molar-refractivity contribution in [1.82, 2.24) is 0 Å². The van der Waals surface area contributed by atoms with Gasteiger partial charge in [0.05, 0.1) is 7.11 Å². The topological polar surface area (TPSA) is 55.5 Å². The molecule has 0 amide bonds. The minimum absolute atomic E-state index is 0.252. The Bertz CT molecular complexity index is 357. The highest BCUT2D eigenvalue weighted by Crippen LogP contribution is 2.41. The number of rotatable bonds is 2. The van der Waals surface area contributed by atoms with E-state index in [1.165, 1.54) is 0 Å². The lowest BCUT2D eigenvalue weighted by molar-refractivity contribution is 0.375. The first kappa shape index (κ1) is 10.3. The Morgan fingerprint density at radius 2 is 2.00 bits per heavy atom. The van der Waals surface area contributed by atoms with Gasteiger partial charge in [-0.25, -0.2) is 0 Å². The van der Waals surface area contributed by atoms with Gasteiger partial charge in [-0.05, 0) is 31.0 Å². The molecule has 2 rings (SSSR count). The van der Waals surface area contributed by atoms with E-state index in [1.54, 1.807) is 25.3 Å². The lowest BCUT2D eigenvalue weighted by Gasteiger charge is -2.26. The zero-order chi connectivity index (χ0) is 10.9. The van der Waals surface area contributed by atoms with Crippen molar-refractivity contribution in [3.05, 3.63) is 23.8 Å². The number of nitrogens with two attached hydrogens (primary N) is 1. The van der Waals surface area contributed by atoms with E-state index in [9.17, 15) is 5.11 Å². The van der Waals surface area contributed by atoms with Crippen LogP contribution in [0.5, 0.6) is 11.5 Å². The van der Waals surface area contributed by atoms with Crippen LogP contribution in [0.4, 0.5) is 0 Å². The molecule has 0 heterocycles. The van der Waals surface area contributed by atoms with Crippen LogP contribution in [0.3, 0.4) is 0 Å². The first-order chi connectivity index (χ1) is 7.15. The van der Waals surface area contributed by atoms with E-state index in [-0.39, 0.29) is 11.3 Å². The van der Waals surface area contributed by atoms with Gasteiger partial charge in [0.15, 0.2) is 0 Å². The summed E-state index contributed by atoms with van der Waals surface area (Å²) in [6, 6.07) is 5.13. The fraction of sp³-hybridized carbons (Fsp3) is 0.500. The zero-order valence-corrected chi connectivity index (χ0v) is 8.99. The average Bonchev–Trinajstić information content (AvgIpc) is 2.66. The summed E-state index contributed by atoms with van der Waals surface area (Å²) in [5.41, 5.74) is 6.95. The maximum atomic E-state index is 9.50. The summed E-state index contributed by atoms with van der Waals surface area (Å²) < 4.78 is 5.29. The summed E-state index contributed by atoms with van der Waals surface area (Å²) in [6.45, 7) is 0. The van der Waals surface area contributed by atoms with Crippen LogP contribution < -0.4 is 10.5 Å². The molecule has 0 bridgehead atoms. The monoisotopic (exact) mass is 207 g/mol. The normalized spacial score (nSPS) is 19.1. The highest BCUT2D eigenvalue weighted by molar-refractivity contribution is 5.44. The molecule has 82 valence electrons. The van der Waals surface area contributed by atoms with Gasteiger partial charge in [0, 0.05) is 11.1 Å². The van der Waals surface area contributed by atoms with Crippen molar-refractivity contribution in [3.63, 3.8) is 0 Å². The molecule has 15 heavy (non-hydrogen) atoms. The van der Waals surface area contributed by atoms with Gasteiger partial charge in [-0.3, -0.25) is 0 Å². The summed E-state index contributed by atoms with van der Waals surface area (Å²) in [5, 5.41) is 9.50. The molecular weight excluding hydrogens is 190 g/mol. The standard InChI is InChI=1S/C12H17NO2/c1-15-11-5-4-9(14)8-10(11)12(13)6-2-3-7-12/h4-5,8,14H,2-3,6-7,13H2,1H3. The fourth-order valence-corrected chi connectivity index (χ4v) is 2.36. The lowest BCUT2D eigenvalue weighted by atomic mass is 9.88. The third-order valence-corrected chi connectivity index (χ3v) is 3.22. The third-order valence-electron chi connectivity index (χ3n) is 3.22. The Kier molecular flexibility index (Phi) is 2.57. The molecule has 0 radical (unpaired) electrons. The van der Waals surface area contributed by atoms with Crippen LogP contribution >= 0.6 is 0 Å². The van der Waals surface area contributed by atoms with Crippen LogP contribution in [0, 0.1) is 0 Å². The van der Waals surface area contributed by atoms with Gasteiger partial charge in [-0.2, -0.15) is 0 Å². The number of aromatic hydroxyl groups is 1. The molecule has 3 N–H and O–H groups in total. The van der Waals surface area contributed by atoms with E-state index >= 15 is 0 Å². The van der Waals surface area contributed by atoms with Gasteiger partial charge in [0.25, 0.3) is 0 Å². The highest BCUT2D eigenvalue weighted by atomic mass is 16.5. The number of ether oxygens (including phenoxy) is 1. The van der Waals surface area contributed by atoms with E-state index < -0.39 is 0 Å². The first-order valence-corrected chi connectivity index (χ1v) is 5.32. The number of hydrogen-bond acceptors (Lipinski definition) is 3. The van der Waals surface area contributed by atoms with E-state index in [1.807, 2.05) is 0 Å². The summed E-state index contributed by atoms with van der Waals surface area (Å²) in [4.78, 5) is 0. The van der Waals surface area contributed by atoms with E-state index in [4.69, 9.17) is 10.5 Å². The summed E-state index contributed by atoms with van der Waals surface area (Å²) >= 11 is 0. The zero-order valence-electron chi connectivity index (χ0n) is 8.99. The Hall–Kier alpha value is -1.22. The van der Waals surface area contributed by atoms with Gasteiger partial charge in [-0.1, -0.05) is 12.8 Å². The van der Waals surface area contributed by atoms with Crippen LogP contribution in [-0.4, -0.2) is 12.2 Å². The number of phenols is 1. The molecule has 0 aromatic heterocycles. The minimum atomic E-state index is -0.315. The molecule has 3 nitrogen and oxygen atoms in total. The van der Waals surface area contributed by atoms with Crippen molar-refractivity contribution in [2.75, 3.05) is 7.11 Å². The van der Waals surface area contributed by atoms with Crippen LogP contribution in [0.1, 0.15) is 31.2 Å². The largest absolute Gasteiger partial charge is 0.508 e. The van der Waals surface area contributed by atoms with Crippen molar-refractivity contribution < 1.29 is 9.84 Å². The molecule has 1 fully saturated rings. The Balaban J connectivity index is 2.44. The average molecular weight is 207 g/mol. The molecule has 1 saturated carbocycles. The summed E-state index contributed by atoms with van der Waals surface area (Å²) in [7, 11) is 1.63. The SMILES string of the molecule is COc1ccc(O)cc1C1(N)CCCC1. The number of methoxy groups -OCH3 is 1. The van der Waals surface area contributed by atoms with Crippen molar-refractivity contribution in [1.29, 1.82) is 0 Å². The molecule has 1 aromatic carbocycles. The third kappa shape index (κ3) is 1.79. The van der Waals surface area contributed by atoms with Gasteiger partial charge < -0.3 is 15.6 Å². The second-order valence-electron chi connectivity index (χ2n) is 4.25. The smallest absolute Gasteiger partial charge is 0.124 e. The Morgan fingerprint density at radius 1 is 1.33 bits per heavy atom.